The number of halogens is 1. The van der Waals surface area contributed by atoms with Crippen LogP contribution in [-0.4, -0.2) is 26.1 Å². The Bertz CT molecular complexity index is 369. The maximum Gasteiger partial charge on any atom is 0.0887 e. The van der Waals surface area contributed by atoms with E-state index in [1.54, 1.807) is 7.11 Å². The van der Waals surface area contributed by atoms with Gasteiger partial charge in [-0.25, -0.2) is 0 Å². The minimum absolute atomic E-state index is 0.662. The molecular weight excluding hydrogens is 258 g/mol. The average molecular weight is 282 g/mol. The highest BCUT2D eigenvalue weighted by atomic mass is 35.5. The summed E-state index contributed by atoms with van der Waals surface area (Å²) >= 11 is 5.85. The zero-order valence-corrected chi connectivity index (χ0v) is 12.7. The van der Waals surface area contributed by atoms with Crippen molar-refractivity contribution in [2.75, 3.05) is 31.0 Å². The predicted molar refractivity (Wildman–Crippen MR) is 84.1 cm³/mol. The van der Waals surface area contributed by atoms with Crippen LogP contribution in [0.3, 0.4) is 0 Å². The first-order chi connectivity index (χ1) is 9.21. The molecule has 1 rings (SSSR count). The van der Waals surface area contributed by atoms with Crippen molar-refractivity contribution in [1.82, 2.24) is 0 Å². The van der Waals surface area contributed by atoms with Crippen molar-refractivity contribution >= 4 is 17.3 Å². The van der Waals surface area contributed by atoms with Crippen LogP contribution in [0.2, 0.25) is 0 Å². The second kappa shape index (κ2) is 8.87. The molecule has 0 bridgehead atoms. The molecule has 0 atom stereocenters. The van der Waals surface area contributed by atoms with Crippen LogP contribution in [0.15, 0.2) is 36.6 Å². The van der Waals surface area contributed by atoms with Crippen LogP contribution in [0.5, 0.6) is 0 Å². The first kappa shape index (κ1) is 15.9. The highest BCUT2D eigenvalue weighted by molar-refractivity contribution is 6.18. The van der Waals surface area contributed by atoms with E-state index in [9.17, 15) is 0 Å². The highest BCUT2D eigenvalue weighted by Crippen LogP contribution is 2.17. The van der Waals surface area contributed by atoms with Gasteiger partial charge in [-0.05, 0) is 30.5 Å². The van der Waals surface area contributed by atoms with Crippen LogP contribution in [0.1, 0.15) is 25.3 Å². The fourth-order valence-electron chi connectivity index (χ4n) is 2.00. The molecule has 0 aliphatic carbocycles. The van der Waals surface area contributed by atoms with Crippen molar-refractivity contribution in [2.24, 2.45) is 0 Å². The van der Waals surface area contributed by atoms with Gasteiger partial charge in [0.1, 0.15) is 0 Å². The molecule has 0 saturated heterocycles. The molecule has 0 heterocycles. The number of nitrogens with zero attached hydrogens (tertiary/aromatic N) is 1. The third kappa shape index (κ3) is 5.56. The number of allylic oxidation sites excluding steroid dienone is 1. The highest BCUT2D eigenvalue weighted by Gasteiger charge is 2.04. The minimum atomic E-state index is 0.662. The van der Waals surface area contributed by atoms with E-state index in [2.05, 4.69) is 42.7 Å². The molecule has 0 aromatic heterocycles. The van der Waals surface area contributed by atoms with Crippen LogP contribution in [-0.2, 0) is 11.2 Å². The Labute approximate surface area is 122 Å². The number of hydrogen-bond acceptors (Lipinski definition) is 2. The number of alkyl halides is 1. The van der Waals surface area contributed by atoms with Crippen molar-refractivity contribution in [1.29, 1.82) is 0 Å². The van der Waals surface area contributed by atoms with Crippen molar-refractivity contribution < 1.29 is 4.74 Å². The Hall–Kier alpha value is -1.15. The summed E-state index contributed by atoms with van der Waals surface area (Å²) in [6, 6.07) is 8.70. The van der Waals surface area contributed by atoms with Gasteiger partial charge in [-0.2, -0.15) is 0 Å². The largest absolute Gasteiger partial charge is 0.502 e. The summed E-state index contributed by atoms with van der Waals surface area (Å²) in [5, 5.41) is 0. The first-order valence-corrected chi connectivity index (χ1v) is 7.36. The summed E-state index contributed by atoms with van der Waals surface area (Å²) in [7, 11) is 1.67. The van der Waals surface area contributed by atoms with Crippen LogP contribution in [0.4, 0.5) is 5.69 Å². The normalized spacial score (nSPS) is 10.3. The van der Waals surface area contributed by atoms with Crippen molar-refractivity contribution in [3.05, 3.63) is 42.2 Å². The van der Waals surface area contributed by atoms with Crippen molar-refractivity contribution in [2.45, 2.75) is 26.2 Å². The molecule has 0 amide bonds. The number of hydrogen-bond donors (Lipinski definition) is 0. The lowest BCUT2D eigenvalue weighted by Gasteiger charge is -2.23. The maximum absolute atomic E-state index is 5.85. The van der Waals surface area contributed by atoms with E-state index in [1.165, 1.54) is 11.3 Å². The van der Waals surface area contributed by atoms with Gasteiger partial charge < -0.3 is 9.64 Å². The molecule has 0 spiro atoms. The molecule has 19 heavy (non-hydrogen) atoms. The monoisotopic (exact) mass is 281 g/mol. The zero-order valence-electron chi connectivity index (χ0n) is 12.0. The van der Waals surface area contributed by atoms with Gasteiger partial charge in [0.2, 0.25) is 0 Å². The van der Waals surface area contributed by atoms with E-state index in [-0.39, 0.29) is 0 Å². The van der Waals surface area contributed by atoms with Gasteiger partial charge in [0.25, 0.3) is 0 Å². The quantitative estimate of drug-likeness (QED) is 0.496. The summed E-state index contributed by atoms with van der Waals surface area (Å²) in [6.07, 6.45) is 2.97. The van der Waals surface area contributed by atoms with E-state index in [0.29, 0.717) is 5.88 Å². The number of ether oxygens (including phenoxy) is 1. The number of rotatable bonds is 9. The molecule has 0 saturated carbocycles. The number of anilines is 1. The fourth-order valence-corrected chi connectivity index (χ4v) is 2.21. The zero-order chi connectivity index (χ0) is 14.1. The van der Waals surface area contributed by atoms with Crippen LogP contribution in [0, 0.1) is 0 Å². The molecule has 2 nitrogen and oxygen atoms in total. The molecule has 0 N–H and O–H groups in total. The van der Waals surface area contributed by atoms with Gasteiger partial charge in [0, 0.05) is 31.1 Å². The molecule has 1 aromatic rings. The molecule has 3 heteroatoms. The Kier molecular flexibility index (Phi) is 7.42. The molecule has 0 radical (unpaired) electrons. The number of benzene rings is 1. The lowest BCUT2D eigenvalue weighted by Crippen LogP contribution is -2.26. The topological polar surface area (TPSA) is 12.5 Å². The molecule has 0 fully saturated rings. The molecule has 0 unspecified atom stereocenters. The van der Waals surface area contributed by atoms with Gasteiger partial charge in [0.15, 0.2) is 0 Å². The molecule has 0 aliphatic rings. The second-order valence-corrected chi connectivity index (χ2v) is 4.96. The summed E-state index contributed by atoms with van der Waals surface area (Å²) < 4.78 is 5.08. The van der Waals surface area contributed by atoms with E-state index in [1.807, 2.05) is 0 Å². The minimum Gasteiger partial charge on any atom is -0.502 e. The third-order valence-electron chi connectivity index (χ3n) is 3.13. The van der Waals surface area contributed by atoms with Gasteiger partial charge in [-0.3, -0.25) is 0 Å². The van der Waals surface area contributed by atoms with Crippen molar-refractivity contribution in [3.8, 4) is 0 Å². The van der Waals surface area contributed by atoms with E-state index in [0.717, 1.165) is 38.1 Å². The molecule has 106 valence electrons. The summed E-state index contributed by atoms with van der Waals surface area (Å²) in [5.74, 6) is 1.49. The standard InChI is InChI=1S/C16H24ClNO/c1-4-12-18(13-11-17)16-9-7-15(8-10-16)6-5-14(2)19-3/h7-10H,2,4-6,11-13H2,1,3H3. The fraction of sp³-hybridized carbons (Fsp3) is 0.500. The Morgan fingerprint density at radius 3 is 2.47 bits per heavy atom. The second-order valence-electron chi connectivity index (χ2n) is 4.59. The smallest absolute Gasteiger partial charge is 0.0887 e. The summed E-state index contributed by atoms with van der Waals surface area (Å²) in [5.41, 5.74) is 2.56. The first-order valence-electron chi connectivity index (χ1n) is 6.82. The number of aryl methyl sites for hydroxylation is 1. The SMILES string of the molecule is C=C(CCc1ccc(N(CCC)CCCl)cc1)OC. The maximum atomic E-state index is 5.85. The lowest BCUT2D eigenvalue weighted by atomic mass is 10.1. The molecule has 1 aromatic carbocycles. The van der Waals surface area contributed by atoms with E-state index in [4.69, 9.17) is 16.3 Å². The third-order valence-corrected chi connectivity index (χ3v) is 3.30. The molecule has 0 aliphatic heterocycles. The van der Waals surface area contributed by atoms with Gasteiger partial charge in [-0.15, -0.1) is 11.6 Å². The van der Waals surface area contributed by atoms with Crippen LogP contribution < -0.4 is 4.90 Å². The van der Waals surface area contributed by atoms with Crippen molar-refractivity contribution in [3.63, 3.8) is 0 Å². The van der Waals surface area contributed by atoms with Crippen LogP contribution in [0.25, 0.3) is 0 Å². The van der Waals surface area contributed by atoms with Crippen LogP contribution >= 0.6 is 11.6 Å². The Morgan fingerprint density at radius 1 is 1.26 bits per heavy atom. The van der Waals surface area contributed by atoms with Gasteiger partial charge in [-0.1, -0.05) is 25.6 Å². The Balaban J connectivity index is 2.60. The van der Waals surface area contributed by atoms with E-state index < -0.39 is 0 Å². The molecular formula is C16H24ClNO. The van der Waals surface area contributed by atoms with E-state index >= 15 is 0 Å². The average Bonchev–Trinajstić information content (AvgIpc) is 2.45. The predicted octanol–water partition coefficient (Wildman–Crippen LogP) is 4.23. The summed E-state index contributed by atoms with van der Waals surface area (Å²) in [4.78, 5) is 2.32. The van der Waals surface area contributed by atoms with Gasteiger partial charge >= 0.3 is 0 Å². The Morgan fingerprint density at radius 2 is 1.95 bits per heavy atom. The summed E-state index contributed by atoms with van der Waals surface area (Å²) in [6.45, 7) is 7.97. The van der Waals surface area contributed by atoms with Gasteiger partial charge in [0.05, 0.1) is 12.9 Å². The number of methoxy groups -OCH3 is 1. The lowest BCUT2D eigenvalue weighted by molar-refractivity contribution is 0.279.